The molecular weight excluding hydrogens is 367 g/mol. The van der Waals surface area contributed by atoms with Gasteiger partial charge in [0.1, 0.15) is 0 Å². The van der Waals surface area contributed by atoms with Crippen molar-refractivity contribution in [3.63, 3.8) is 0 Å². The molecule has 0 spiro atoms. The minimum absolute atomic E-state index is 0.283. The average molecular weight is 394 g/mol. The Hall–Kier alpha value is -2.03. The molecule has 146 valence electrons. The van der Waals surface area contributed by atoms with Gasteiger partial charge in [-0.05, 0) is 0 Å². The van der Waals surface area contributed by atoms with Crippen LogP contribution in [0.2, 0.25) is 0 Å². The Morgan fingerprint density at radius 2 is 1.18 bits per heavy atom. The van der Waals surface area contributed by atoms with Crippen LogP contribution in [0.25, 0.3) is 22.3 Å². The Kier molecular flexibility index (Phi) is 5.11. The minimum atomic E-state index is -5.07. The summed E-state index contributed by atoms with van der Waals surface area (Å²) in [5.41, 5.74) is 2.97. The quantitative estimate of drug-likeness (QED) is 0.530. The van der Waals surface area contributed by atoms with E-state index in [1.165, 1.54) is 0 Å². The zero-order valence-electron chi connectivity index (χ0n) is 15.9. The molecule has 3 nitrogen and oxygen atoms in total. The van der Waals surface area contributed by atoms with E-state index in [-0.39, 0.29) is 5.30 Å². The monoisotopic (exact) mass is 394 g/mol. The van der Waals surface area contributed by atoms with Gasteiger partial charge in [0.05, 0.1) is 0 Å². The normalized spacial score (nSPS) is 17.0. The van der Waals surface area contributed by atoms with Crippen molar-refractivity contribution in [1.82, 2.24) is 0 Å². The molecule has 0 heterocycles. The summed E-state index contributed by atoms with van der Waals surface area (Å²) in [4.78, 5) is 34.3. The van der Waals surface area contributed by atoms with Crippen molar-refractivity contribution >= 4 is 12.6 Å². The molecule has 1 saturated carbocycles. The predicted octanol–water partition coefficient (Wildman–Crippen LogP) is 5.25. The first-order valence-corrected chi connectivity index (χ1v) is 12.1. The van der Waals surface area contributed by atoms with E-state index in [2.05, 4.69) is 0 Å². The second kappa shape index (κ2) is 7.42. The molecule has 28 heavy (non-hydrogen) atoms. The van der Waals surface area contributed by atoms with Gasteiger partial charge < -0.3 is 0 Å². The van der Waals surface area contributed by atoms with E-state index < -0.39 is 12.9 Å². The van der Waals surface area contributed by atoms with Gasteiger partial charge >= 0.3 is 166 Å². The van der Waals surface area contributed by atoms with Crippen molar-refractivity contribution in [3.8, 4) is 22.3 Å². The fraction of sp³-hybridized carbons (Fsp3) is 0.250. The molecule has 0 amide bonds. The number of hydrogen-bond donors (Lipinski definition) is 3. The molecule has 4 rings (SSSR count). The van der Waals surface area contributed by atoms with Crippen molar-refractivity contribution in [2.24, 2.45) is 0 Å². The summed E-state index contributed by atoms with van der Waals surface area (Å²) >= 11 is 0. The van der Waals surface area contributed by atoms with Gasteiger partial charge in [-0.1, -0.05) is 0 Å². The molecule has 1 aliphatic rings. The number of benzene rings is 3. The maximum atomic E-state index is 11.4. The third kappa shape index (κ3) is 3.52. The summed E-state index contributed by atoms with van der Waals surface area (Å²) in [6.07, 6.45) is 4.21. The van der Waals surface area contributed by atoms with Crippen LogP contribution in [0.5, 0.6) is 0 Å². The Bertz CT molecular complexity index is 940. The van der Waals surface area contributed by atoms with Gasteiger partial charge in [0.15, 0.2) is 0 Å². The summed E-state index contributed by atoms with van der Waals surface area (Å²) < 4.78 is 0. The molecule has 4 heteroatoms. The van der Waals surface area contributed by atoms with Crippen LogP contribution >= 0.6 is 7.28 Å². The second-order valence-electron chi connectivity index (χ2n) is 7.77. The fourth-order valence-electron chi connectivity index (χ4n) is 4.42. The van der Waals surface area contributed by atoms with Crippen LogP contribution < -0.4 is 5.30 Å². The zero-order valence-corrected chi connectivity index (χ0v) is 16.8. The summed E-state index contributed by atoms with van der Waals surface area (Å²) in [7, 11) is -5.07. The van der Waals surface area contributed by atoms with E-state index in [4.69, 9.17) is 0 Å². The van der Waals surface area contributed by atoms with Crippen molar-refractivity contribution in [2.45, 2.75) is 37.8 Å². The van der Waals surface area contributed by atoms with Crippen molar-refractivity contribution < 1.29 is 14.7 Å². The third-order valence-electron chi connectivity index (χ3n) is 5.90. The van der Waals surface area contributed by atoms with E-state index in [1.54, 1.807) is 6.07 Å². The van der Waals surface area contributed by atoms with Gasteiger partial charge in [-0.25, -0.2) is 0 Å². The van der Waals surface area contributed by atoms with Gasteiger partial charge in [-0.15, -0.1) is 0 Å². The first kappa shape index (κ1) is 19.3. The second-order valence-corrected chi connectivity index (χ2v) is 11.1. The van der Waals surface area contributed by atoms with Crippen LogP contribution in [0.1, 0.15) is 32.1 Å². The molecule has 1 aliphatic carbocycles. The van der Waals surface area contributed by atoms with E-state index in [9.17, 15) is 14.7 Å². The van der Waals surface area contributed by atoms with Crippen LogP contribution in [-0.4, -0.2) is 20.3 Å². The molecule has 1 fully saturated rings. The molecule has 3 aromatic rings. The molecule has 3 aromatic carbocycles. The van der Waals surface area contributed by atoms with E-state index in [1.807, 2.05) is 72.8 Å². The fourth-order valence-corrected chi connectivity index (χ4v) is 7.18. The van der Waals surface area contributed by atoms with Gasteiger partial charge in [0.2, 0.25) is 0 Å². The molecule has 3 N–H and O–H groups in total. The van der Waals surface area contributed by atoms with Crippen LogP contribution in [0.15, 0.2) is 78.9 Å². The molecular formula is C24H27O3P. The summed E-state index contributed by atoms with van der Waals surface area (Å²) in [5, 5.41) is 0.283. The van der Waals surface area contributed by atoms with Crippen molar-refractivity contribution in [2.75, 3.05) is 0 Å². The van der Waals surface area contributed by atoms with Gasteiger partial charge in [-0.2, -0.15) is 0 Å². The van der Waals surface area contributed by atoms with Crippen LogP contribution in [0.3, 0.4) is 0 Å². The van der Waals surface area contributed by atoms with Crippen molar-refractivity contribution in [3.05, 3.63) is 78.9 Å². The average Bonchev–Trinajstić information content (AvgIpc) is 2.75. The van der Waals surface area contributed by atoms with E-state index in [0.29, 0.717) is 18.4 Å². The van der Waals surface area contributed by atoms with E-state index in [0.717, 1.165) is 36.0 Å². The first-order valence-electron chi connectivity index (χ1n) is 9.96. The molecule has 0 unspecified atom stereocenters. The molecule has 0 saturated heterocycles. The van der Waals surface area contributed by atoms with Crippen molar-refractivity contribution in [1.29, 1.82) is 0 Å². The van der Waals surface area contributed by atoms with Gasteiger partial charge in [0.25, 0.3) is 0 Å². The van der Waals surface area contributed by atoms with Gasteiger partial charge in [-0.3, -0.25) is 0 Å². The van der Waals surface area contributed by atoms with E-state index >= 15 is 0 Å². The van der Waals surface area contributed by atoms with Crippen LogP contribution in [0, 0.1) is 0 Å². The maximum absolute atomic E-state index is 11.4. The number of rotatable bonds is 4. The Balaban J connectivity index is 1.98. The Labute approximate surface area is 166 Å². The summed E-state index contributed by atoms with van der Waals surface area (Å²) in [6.45, 7) is 0. The SMILES string of the molecule is OP(O)(O)(c1cccc(-c2ccccc2)c1-c1ccccc1)C1CCCCC1. The standard InChI is InChI=1S/C24H27O3P/c25-28(26,27,21-15-8-3-9-16-21)23-18-10-17-22(19-11-4-1-5-12-19)24(23)20-13-6-2-7-14-20/h1-2,4-7,10-14,17-18,21,25-27H,3,8-9,15-16H2. The third-order valence-corrected chi connectivity index (χ3v) is 9.06. The Morgan fingerprint density at radius 3 is 1.79 bits per heavy atom. The predicted molar refractivity (Wildman–Crippen MR) is 117 cm³/mol. The molecule has 0 bridgehead atoms. The summed E-state index contributed by atoms with van der Waals surface area (Å²) in [6, 6.07) is 25.1. The molecule has 0 aliphatic heterocycles. The van der Waals surface area contributed by atoms with Crippen LogP contribution in [0.4, 0.5) is 0 Å². The van der Waals surface area contributed by atoms with Gasteiger partial charge in [0, 0.05) is 0 Å². The molecule has 0 radical (unpaired) electrons. The molecule has 0 atom stereocenters. The number of hydrogen-bond acceptors (Lipinski definition) is 3. The Morgan fingerprint density at radius 1 is 0.607 bits per heavy atom. The first-order chi connectivity index (χ1) is 13.5. The molecule has 0 aromatic heterocycles. The van der Waals surface area contributed by atoms with Crippen LogP contribution in [-0.2, 0) is 0 Å². The topological polar surface area (TPSA) is 60.7 Å². The summed E-state index contributed by atoms with van der Waals surface area (Å²) in [5.74, 6) is 0. The zero-order chi connectivity index (χ0) is 19.6.